The molecule has 1 saturated heterocycles. The maximum Gasteiger partial charge on any atom is 0.416 e. The summed E-state index contributed by atoms with van der Waals surface area (Å²) in [6.45, 7) is 9.18. The third-order valence-corrected chi connectivity index (χ3v) is 6.29. The molecule has 1 atom stereocenters. The van der Waals surface area contributed by atoms with Crippen molar-refractivity contribution in [3.63, 3.8) is 0 Å². The van der Waals surface area contributed by atoms with Crippen LogP contribution in [-0.2, 0) is 15.7 Å². The molecule has 0 spiro atoms. The number of hydrogen-bond acceptors (Lipinski definition) is 5. The van der Waals surface area contributed by atoms with Gasteiger partial charge in [0.25, 0.3) is 0 Å². The zero-order valence-electron chi connectivity index (χ0n) is 20.1. The number of esters is 1. The molecular formula is C25H28F4N4O2. The highest BCUT2D eigenvalue weighted by Gasteiger charge is 2.33. The van der Waals surface area contributed by atoms with Crippen LogP contribution in [0.5, 0.6) is 0 Å². The van der Waals surface area contributed by atoms with Crippen molar-refractivity contribution in [3.8, 4) is 11.3 Å². The molecule has 3 aromatic rings. The normalized spacial score (nSPS) is 16.8. The number of carbonyl (C=O) groups excluding carboxylic acids is 1. The SMILES string of the molecule is CCOC(=O)[C@H]1CCCN(c2c(C(C)C)c(C)nc3cc(-c4ccc(C(F)(F)F)cc4F)nn23)C1. The molecule has 2 aromatic heterocycles. The van der Waals surface area contributed by atoms with Crippen molar-refractivity contribution in [3.05, 3.63) is 46.9 Å². The van der Waals surface area contributed by atoms with E-state index < -0.39 is 17.6 Å². The Bertz CT molecular complexity index is 1250. The summed E-state index contributed by atoms with van der Waals surface area (Å²) in [6.07, 6.45) is -3.13. The van der Waals surface area contributed by atoms with Crippen molar-refractivity contribution in [2.24, 2.45) is 5.92 Å². The molecule has 1 fully saturated rings. The fourth-order valence-electron chi connectivity index (χ4n) is 4.75. The van der Waals surface area contributed by atoms with Gasteiger partial charge in [-0.15, -0.1) is 0 Å². The molecule has 0 N–H and O–H groups in total. The Kier molecular flexibility index (Phi) is 6.75. The summed E-state index contributed by atoms with van der Waals surface area (Å²) in [5.74, 6) is -0.686. The van der Waals surface area contributed by atoms with Gasteiger partial charge >= 0.3 is 12.1 Å². The number of fused-ring (bicyclic) bond motifs is 1. The summed E-state index contributed by atoms with van der Waals surface area (Å²) >= 11 is 0. The van der Waals surface area contributed by atoms with Crippen molar-refractivity contribution >= 4 is 17.4 Å². The van der Waals surface area contributed by atoms with Crippen LogP contribution >= 0.6 is 0 Å². The lowest BCUT2D eigenvalue weighted by Gasteiger charge is -2.35. The zero-order chi connectivity index (χ0) is 25.5. The first kappa shape index (κ1) is 24.9. The maximum absolute atomic E-state index is 14.7. The van der Waals surface area contributed by atoms with Crippen molar-refractivity contribution in [2.75, 3.05) is 24.6 Å². The third kappa shape index (κ3) is 4.83. The number of halogens is 4. The second-order valence-corrected chi connectivity index (χ2v) is 9.12. The van der Waals surface area contributed by atoms with Gasteiger partial charge in [-0.2, -0.15) is 22.8 Å². The number of aryl methyl sites for hydroxylation is 1. The molecule has 10 heteroatoms. The molecule has 0 amide bonds. The molecule has 0 saturated carbocycles. The maximum atomic E-state index is 14.7. The van der Waals surface area contributed by atoms with Crippen LogP contribution in [0.4, 0.5) is 23.4 Å². The highest BCUT2D eigenvalue weighted by atomic mass is 19.4. The number of anilines is 1. The van der Waals surface area contributed by atoms with Crippen molar-refractivity contribution in [1.29, 1.82) is 0 Å². The summed E-state index contributed by atoms with van der Waals surface area (Å²) in [7, 11) is 0. The topological polar surface area (TPSA) is 59.7 Å². The van der Waals surface area contributed by atoms with Crippen molar-refractivity contribution in [1.82, 2.24) is 14.6 Å². The van der Waals surface area contributed by atoms with Gasteiger partial charge in [-0.05, 0) is 50.8 Å². The largest absolute Gasteiger partial charge is 0.466 e. The molecule has 0 aliphatic carbocycles. The first-order chi connectivity index (χ1) is 16.5. The van der Waals surface area contributed by atoms with Gasteiger partial charge in [0.2, 0.25) is 0 Å². The van der Waals surface area contributed by atoms with Crippen LogP contribution in [0.1, 0.15) is 56.4 Å². The molecule has 1 aromatic carbocycles. The molecule has 4 rings (SSSR count). The second kappa shape index (κ2) is 9.47. The highest BCUT2D eigenvalue weighted by molar-refractivity contribution is 5.74. The van der Waals surface area contributed by atoms with E-state index in [0.29, 0.717) is 31.4 Å². The molecule has 1 aliphatic heterocycles. The van der Waals surface area contributed by atoms with Crippen LogP contribution in [0.3, 0.4) is 0 Å². The van der Waals surface area contributed by atoms with Gasteiger partial charge in [0, 0.05) is 36.0 Å². The van der Waals surface area contributed by atoms with Gasteiger partial charge in [0.05, 0.1) is 23.8 Å². The van der Waals surface area contributed by atoms with Gasteiger partial charge in [-0.1, -0.05) is 13.8 Å². The summed E-state index contributed by atoms with van der Waals surface area (Å²) in [4.78, 5) is 19.2. The number of rotatable bonds is 5. The van der Waals surface area contributed by atoms with E-state index in [1.54, 1.807) is 17.5 Å². The average Bonchev–Trinajstić information content (AvgIpc) is 3.20. The lowest BCUT2D eigenvalue weighted by atomic mass is 9.96. The summed E-state index contributed by atoms with van der Waals surface area (Å²) in [5, 5.41) is 4.58. The Labute approximate surface area is 200 Å². The van der Waals surface area contributed by atoms with Crippen LogP contribution in [0, 0.1) is 18.7 Å². The molecule has 1 aliphatic rings. The van der Waals surface area contributed by atoms with E-state index >= 15 is 0 Å². The van der Waals surface area contributed by atoms with Crippen LogP contribution in [0.25, 0.3) is 16.9 Å². The summed E-state index contributed by atoms with van der Waals surface area (Å²) < 4.78 is 60.6. The molecule has 0 bridgehead atoms. The minimum atomic E-state index is -4.64. The number of nitrogens with zero attached hydrogens (tertiary/aromatic N) is 4. The minimum absolute atomic E-state index is 0.0405. The Morgan fingerprint density at radius 1 is 1.26 bits per heavy atom. The predicted molar refractivity (Wildman–Crippen MR) is 124 cm³/mol. The number of benzene rings is 1. The Morgan fingerprint density at radius 3 is 2.63 bits per heavy atom. The van der Waals surface area contributed by atoms with Crippen molar-refractivity contribution in [2.45, 2.75) is 52.6 Å². The molecule has 0 radical (unpaired) electrons. The van der Waals surface area contributed by atoms with E-state index in [0.717, 1.165) is 42.0 Å². The molecule has 0 unspecified atom stereocenters. The Balaban J connectivity index is 1.83. The smallest absolute Gasteiger partial charge is 0.416 e. The van der Waals surface area contributed by atoms with E-state index in [9.17, 15) is 22.4 Å². The fraction of sp³-hybridized carbons (Fsp3) is 0.480. The lowest BCUT2D eigenvalue weighted by Crippen LogP contribution is -2.41. The van der Waals surface area contributed by atoms with E-state index in [1.807, 2.05) is 20.8 Å². The number of carbonyl (C=O) groups is 1. The van der Waals surface area contributed by atoms with Gasteiger partial charge in [0.15, 0.2) is 5.65 Å². The molecule has 35 heavy (non-hydrogen) atoms. The van der Waals surface area contributed by atoms with Crippen LogP contribution < -0.4 is 4.90 Å². The van der Waals surface area contributed by atoms with E-state index in [-0.39, 0.29) is 29.1 Å². The molecular weight excluding hydrogens is 464 g/mol. The van der Waals surface area contributed by atoms with E-state index in [1.165, 1.54) is 0 Å². The number of ether oxygens (including phenoxy) is 1. The lowest BCUT2D eigenvalue weighted by molar-refractivity contribution is -0.148. The summed E-state index contributed by atoms with van der Waals surface area (Å²) in [6, 6.07) is 3.98. The van der Waals surface area contributed by atoms with Gasteiger partial charge in [-0.3, -0.25) is 4.79 Å². The number of aromatic nitrogens is 3. The Hall–Kier alpha value is -3.17. The highest BCUT2D eigenvalue weighted by Crippen LogP contribution is 2.36. The molecule has 188 valence electrons. The quantitative estimate of drug-likeness (QED) is 0.335. The second-order valence-electron chi connectivity index (χ2n) is 9.12. The molecule has 6 nitrogen and oxygen atoms in total. The van der Waals surface area contributed by atoms with Crippen LogP contribution in [0.15, 0.2) is 24.3 Å². The first-order valence-electron chi connectivity index (χ1n) is 11.7. The minimum Gasteiger partial charge on any atom is -0.466 e. The van der Waals surface area contributed by atoms with Gasteiger partial charge in [-0.25, -0.2) is 9.37 Å². The van der Waals surface area contributed by atoms with Gasteiger partial charge < -0.3 is 9.64 Å². The molecule has 3 heterocycles. The van der Waals surface area contributed by atoms with Gasteiger partial charge in [0.1, 0.15) is 11.6 Å². The monoisotopic (exact) mass is 492 g/mol. The zero-order valence-corrected chi connectivity index (χ0v) is 20.1. The van der Waals surface area contributed by atoms with Crippen LogP contribution in [-0.4, -0.2) is 40.3 Å². The third-order valence-electron chi connectivity index (χ3n) is 6.29. The summed E-state index contributed by atoms with van der Waals surface area (Å²) in [5.41, 5.74) is 1.27. The van der Waals surface area contributed by atoms with Crippen molar-refractivity contribution < 1.29 is 27.1 Å². The Morgan fingerprint density at radius 2 is 2.00 bits per heavy atom. The van der Waals surface area contributed by atoms with E-state index in [2.05, 4.69) is 15.0 Å². The number of alkyl halides is 3. The number of hydrogen-bond donors (Lipinski definition) is 0. The fourth-order valence-corrected chi connectivity index (χ4v) is 4.75. The first-order valence-corrected chi connectivity index (χ1v) is 11.7. The predicted octanol–water partition coefficient (Wildman–Crippen LogP) is 5.77. The van der Waals surface area contributed by atoms with Crippen LogP contribution in [0.2, 0.25) is 0 Å². The van der Waals surface area contributed by atoms with E-state index in [4.69, 9.17) is 4.74 Å². The average molecular weight is 493 g/mol. The number of piperidine rings is 1. The standard InChI is InChI=1S/C25H28F4N4O2/c1-5-35-24(34)16-7-6-10-32(13-16)23-22(14(2)3)15(4)30-21-12-20(31-33(21)23)18-9-8-17(11-19(18)26)25(27,28)29/h8-9,11-12,14,16H,5-7,10,13H2,1-4H3/t16-/m0/s1.